The summed E-state index contributed by atoms with van der Waals surface area (Å²) in [5.41, 5.74) is 1.36. The van der Waals surface area contributed by atoms with Crippen LogP contribution in [0.5, 0.6) is 5.75 Å². The van der Waals surface area contributed by atoms with Gasteiger partial charge in [-0.2, -0.15) is 0 Å². The molecule has 0 fully saturated rings. The molecule has 1 aromatic carbocycles. The summed E-state index contributed by atoms with van der Waals surface area (Å²) in [6.07, 6.45) is 2.35. The maximum Gasteiger partial charge on any atom is 0.119 e. The van der Waals surface area contributed by atoms with E-state index in [0.717, 1.165) is 23.4 Å². The third-order valence-corrected chi connectivity index (χ3v) is 3.43. The Morgan fingerprint density at radius 2 is 2.21 bits per heavy atom. The van der Waals surface area contributed by atoms with Gasteiger partial charge in [0.25, 0.3) is 0 Å². The van der Waals surface area contributed by atoms with Gasteiger partial charge in [0, 0.05) is 5.33 Å². The monoisotopic (exact) mass is 256 g/mol. The smallest absolute Gasteiger partial charge is 0.119 e. The highest BCUT2D eigenvalue weighted by Gasteiger charge is 2.01. The van der Waals surface area contributed by atoms with Crippen LogP contribution in [0.1, 0.15) is 18.9 Å². The van der Waals surface area contributed by atoms with Crippen molar-refractivity contribution in [1.29, 1.82) is 0 Å². The number of aryl methyl sites for hydroxylation is 1. The molecule has 0 amide bonds. The lowest BCUT2D eigenvalue weighted by molar-refractivity contribution is 0.414. The fraction of sp³-hybridized carbons (Fsp3) is 0.500. The largest absolute Gasteiger partial charge is 0.497 e. The molecule has 2 heteroatoms. The van der Waals surface area contributed by atoms with E-state index < -0.39 is 0 Å². The quantitative estimate of drug-likeness (QED) is 0.731. The molecule has 0 saturated heterocycles. The van der Waals surface area contributed by atoms with Crippen molar-refractivity contribution in [2.45, 2.75) is 19.8 Å². The summed E-state index contributed by atoms with van der Waals surface area (Å²) in [5, 5.41) is 1.08. The highest BCUT2D eigenvalue weighted by Crippen LogP contribution is 2.16. The Bertz CT molecular complexity index is 273. The lowest BCUT2D eigenvalue weighted by Crippen LogP contribution is -1.98. The van der Waals surface area contributed by atoms with Crippen molar-refractivity contribution in [3.63, 3.8) is 0 Å². The van der Waals surface area contributed by atoms with Crippen LogP contribution >= 0.6 is 15.9 Å². The standard InChI is InChI=1S/C12H17BrO/c1-10(9-13)6-7-11-4-3-5-12(8-11)14-2/h3-5,8,10H,6-7,9H2,1-2H3. The number of ether oxygens (including phenoxy) is 1. The molecule has 1 aromatic rings. The number of benzene rings is 1. The molecule has 0 saturated carbocycles. The van der Waals surface area contributed by atoms with Gasteiger partial charge in [-0.25, -0.2) is 0 Å². The Hall–Kier alpha value is -0.500. The molecule has 78 valence electrons. The molecule has 0 aromatic heterocycles. The van der Waals surface area contributed by atoms with Crippen molar-refractivity contribution in [2.75, 3.05) is 12.4 Å². The predicted molar refractivity (Wildman–Crippen MR) is 64.3 cm³/mol. The molecule has 1 nitrogen and oxygen atoms in total. The minimum absolute atomic E-state index is 0.737. The summed E-state index contributed by atoms with van der Waals surface area (Å²) in [6.45, 7) is 2.26. The normalized spacial score (nSPS) is 12.5. The number of rotatable bonds is 5. The van der Waals surface area contributed by atoms with Gasteiger partial charge < -0.3 is 4.74 Å². The Balaban J connectivity index is 2.50. The molecule has 14 heavy (non-hydrogen) atoms. The van der Waals surface area contributed by atoms with Crippen LogP contribution in [0.4, 0.5) is 0 Å². The van der Waals surface area contributed by atoms with E-state index in [1.54, 1.807) is 7.11 Å². The van der Waals surface area contributed by atoms with Crippen molar-refractivity contribution in [1.82, 2.24) is 0 Å². The molecule has 0 aliphatic rings. The molecule has 0 bridgehead atoms. The zero-order valence-electron chi connectivity index (χ0n) is 8.79. The van der Waals surface area contributed by atoms with Crippen LogP contribution < -0.4 is 4.74 Å². The van der Waals surface area contributed by atoms with Crippen molar-refractivity contribution >= 4 is 15.9 Å². The molecule has 0 radical (unpaired) electrons. The summed E-state index contributed by atoms with van der Waals surface area (Å²) in [6, 6.07) is 8.30. The van der Waals surface area contributed by atoms with Crippen LogP contribution in [0, 0.1) is 5.92 Å². The number of hydrogen-bond donors (Lipinski definition) is 0. The van der Waals surface area contributed by atoms with E-state index in [-0.39, 0.29) is 0 Å². The van der Waals surface area contributed by atoms with Crippen LogP contribution in [0.2, 0.25) is 0 Å². The molecule has 0 spiro atoms. The van der Waals surface area contributed by atoms with Crippen LogP contribution in [0.3, 0.4) is 0 Å². The molecular weight excluding hydrogens is 240 g/mol. The van der Waals surface area contributed by atoms with Crippen molar-refractivity contribution in [2.24, 2.45) is 5.92 Å². The number of halogens is 1. The Morgan fingerprint density at radius 1 is 1.43 bits per heavy atom. The first kappa shape index (κ1) is 11.6. The topological polar surface area (TPSA) is 9.23 Å². The third kappa shape index (κ3) is 3.70. The fourth-order valence-electron chi connectivity index (χ4n) is 1.32. The number of hydrogen-bond acceptors (Lipinski definition) is 1. The van der Waals surface area contributed by atoms with Crippen molar-refractivity contribution in [3.8, 4) is 5.75 Å². The van der Waals surface area contributed by atoms with Gasteiger partial charge in [-0.1, -0.05) is 35.0 Å². The van der Waals surface area contributed by atoms with Gasteiger partial charge in [0.1, 0.15) is 5.75 Å². The zero-order valence-corrected chi connectivity index (χ0v) is 10.4. The first-order valence-corrected chi connectivity index (χ1v) is 6.07. The van der Waals surface area contributed by atoms with Gasteiger partial charge in [-0.3, -0.25) is 0 Å². The highest BCUT2D eigenvalue weighted by atomic mass is 79.9. The van der Waals surface area contributed by atoms with Gasteiger partial charge in [0.05, 0.1) is 7.11 Å². The van der Waals surface area contributed by atoms with E-state index >= 15 is 0 Å². The zero-order chi connectivity index (χ0) is 10.4. The summed E-state index contributed by atoms with van der Waals surface area (Å²) in [7, 11) is 1.71. The van der Waals surface area contributed by atoms with Gasteiger partial charge in [0.2, 0.25) is 0 Å². The number of methoxy groups -OCH3 is 1. The van der Waals surface area contributed by atoms with Gasteiger partial charge in [-0.15, -0.1) is 0 Å². The summed E-state index contributed by atoms with van der Waals surface area (Å²) >= 11 is 3.49. The SMILES string of the molecule is COc1cccc(CCC(C)CBr)c1. The van der Waals surface area contributed by atoms with E-state index in [1.165, 1.54) is 12.0 Å². The van der Waals surface area contributed by atoms with Crippen LogP contribution in [-0.4, -0.2) is 12.4 Å². The minimum Gasteiger partial charge on any atom is -0.497 e. The molecule has 1 rings (SSSR count). The van der Waals surface area contributed by atoms with Crippen LogP contribution in [0.15, 0.2) is 24.3 Å². The lowest BCUT2D eigenvalue weighted by atomic mass is 10.0. The highest BCUT2D eigenvalue weighted by molar-refractivity contribution is 9.09. The summed E-state index contributed by atoms with van der Waals surface area (Å²) in [4.78, 5) is 0. The predicted octanol–water partition coefficient (Wildman–Crippen LogP) is 3.66. The maximum absolute atomic E-state index is 5.18. The van der Waals surface area contributed by atoms with E-state index in [9.17, 15) is 0 Å². The van der Waals surface area contributed by atoms with Crippen LogP contribution in [0.25, 0.3) is 0 Å². The second kappa shape index (κ2) is 6.07. The average Bonchev–Trinajstić information content (AvgIpc) is 2.26. The first-order chi connectivity index (χ1) is 6.76. The Kier molecular flexibility index (Phi) is 5.02. The van der Waals surface area contributed by atoms with Gasteiger partial charge in [0.15, 0.2) is 0 Å². The van der Waals surface area contributed by atoms with Crippen molar-refractivity contribution < 1.29 is 4.74 Å². The lowest BCUT2D eigenvalue weighted by Gasteiger charge is -2.08. The molecule has 1 unspecified atom stereocenters. The maximum atomic E-state index is 5.18. The average molecular weight is 257 g/mol. The second-order valence-corrected chi connectivity index (χ2v) is 4.30. The van der Waals surface area contributed by atoms with Gasteiger partial charge in [-0.05, 0) is 36.5 Å². The Morgan fingerprint density at radius 3 is 2.86 bits per heavy atom. The van der Waals surface area contributed by atoms with E-state index in [0.29, 0.717) is 0 Å². The molecule has 0 aliphatic carbocycles. The molecule has 0 N–H and O–H groups in total. The minimum atomic E-state index is 0.737. The molecule has 1 atom stereocenters. The Labute approximate surface area is 94.6 Å². The van der Waals surface area contributed by atoms with Crippen LogP contribution in [-0.2, 0) is 6.42 Å². The fourth-order valence-corrected chi connectivity index (χ4v) is 1.64. The summed E-state index contributed by atoms with van der Waals surface area (Å²) < 4.78 is 5.18. The van der Waals surface area contributed by atoms with E-state index in [1.807, 2.05) is 12.1 Å². The first-order valence-electron chi connectivity index (χ1n) is 4.95. The second-order valence-electron chi connectivity index (χ2n) is 3.65. The van der Waals surface area contributed by atoms with Crippen molar-refractivity contribution in [3.05, 3.63) is 29.8 Å². The summed E-state index contributed by atoms with van der Waals surface area (Å²) in [5.74, 6) is 1.69. The molecule has 0 heterocycles. The third-order valence-electron chi connectivity index (χ3n) is 2.32. The number of alkyl halides is 1. The molecule has 0 aliphatic heterocycles. The molecular formula is C12H17BrO. The van der Waals surface area contributed by atoms with E-state index in [4.69, 9.17) is 4.74 Å². The van der Waals surface area contributed by atoms with Gasteiger partial charge >= 0.3 is 0 Å². The van der Waals surface area contributed by atoms with E-state index in [2.05, 4.69) is 35.0 Å².